The molecule has 0 spiro atoms. The van der Waals surface area contributed by atoms with Gasteiger partial charge in [-0.25, -0.2) is 18.6 Å². The maximum atomic E-state index is 14.9. The largest absolute Gasteiger partial charge is 0.493 e. The molecule has 2 atom stereocenters. The van der Waals surface area contributed by atoms with Gasteiger partial charge in [-0.2, -0.15) is 0 Å². The fraction of sp³-hybridized carbons (Fsp3) is 0.333. The first kappa shape index (κ1) is 22.8. The molecule has 4 heterocycles. The van der Waals surface area contributed by atoms with E-state index in [0.717, 1.165) is 5.69 Å². The molecule has 9 nitrogen and oxygen atoms in total. The lowest BCUT2D eigenvalue weighted by Crippen LogP contribution is -2.40. The molecule has 2 aliphatic heterocycles. The molecular formula is C24H23F2N5O4. The Hall–Kier alpha value is -4.02. The normalized spacial score (nSPS) is 18.4. The molecule has 11 heteroatoms. The number of rotatable bonds is 5. The molecule has 1 fully saturated rings. The summed E-state index contributed by atoms with van der Waals surface area (Å²) in [6.45, 7) is 2.55. The van der Waals surface area contributed by atoms with E-state index in [1.165, 1.54) is 33.4 Å². The summed E-state index contributed by atoms with van der Waals surface area (Å²) in [6.07, 6.45) is 1.53. The van der Waals surface area contributed by atoms with Crippen molar-refractivity contribution in [3.05, 3.63) is 53.2 Å². The predicted molar refractivity (Wildman–Crippen MR) is 123 cm³/mol. The van der Waals surface area contributed by atoms with E-state index in [1.54, 1.807) is 12.1 Å². The third-order valence-electron chi connectivity index (χ3n) is 6.33. The molecule has 0 amide bonds. The molecule has 182 valence electrons. The summed E-state index contributed by atoms with van der Waals surface area (Å²) in [5.41, 5.74) is 1.92. The van der Waals surface area contributed by atoms with Gasteiger partial charge in [0, 0.05) is 30.3 Å². The van der Waals surface area contributed by atoms with Crippen molar-refractivity contribution in [2.45, 2.75) is 25.5 Å². The van der Waals surface area contributed by atoms with Crippen LogP contribution in [0.15, 0.2) is 30.5 Å². The monoisotopic (exact) mass is 483 g/mol. The Kier molecular flexibility index (Phi) is 5.83. The second-order valence-corrected chi connectivity index (χ2v) is 8.35. The van der Waals surface area contributed by atoms with Crippen molar-refractivity contribution in [3.8, 4) is 22.9 Å². The van der Waals surface area contributed by atoms with Gasteiger partial charge in [0.15, 0.2) is 23.2 Å². The number of carbonyl (C=O) groups excluding carboxylic acids is 1. The third kappa shape index (κ3) is 3.96. The van der Waals surface area contributed by atoms with Gasteiger partial charge >= 0.3 is 5.97 Å². The molecule has 0 aliphatic carbocycles. The molecule has 1 saturated heterocycles. The maximum absolute atomic E-state index is 14.9. The zero-order valence-electron chi connectivity index (χ0n) is 19.3. The Morgan fingerprint density at radius 1 is 1.23 bits per heavy atom. The predicted octanol–water partition coefficient (Wildman–Crippen LogP) is 3.37. The number of nitrogens with zero attached hydrogens (tertiary/aromatic N) is 4. The zero-order valence-corrected chi connectivity index (χ0v) is 19.3. The van der Waals surface area contributed by atoms with Crippen LogP contribution in [0.25, 0.3) is 11.3 Å². The average Bonchev–Trinajstić information content (AvgIpc) is 3.29. The minimum Gasteiger partial charge on any atom is -0.493 e. The van der Waals surface area contributed by atoms with Gasteiger partial charge < -0.3 is 24.4 Å². The number of benzene rings is 1. The first-order valence-electron chi connectivity index (χ1n) is 11.0. The summed E-state index contributed by atoms with van der Waals surface area (Å²) >= 11 is 0. The number of fused-ring (bicyclic) bond motifs is 3. The zero-order chi connectivity index (χ0) is 24.7. The topological polar surface area (TPSA) is 98.7 Å². The number of nitrogens with one attached hydrogen (secondary N) is 1. The second-order valence-electron chi connectivity index (χ2n) is 8.35. The molecule has 2 aliphatic rings. The Morgan fingerprint density at radius 3 is 2.83 bits per heavy atom. The van der Waals surface area contributed by atoms with Gasteiger partial charge in [0.1, 0.15) is 6.10 Å². The van der Waals surface area contributed by atoms with E-state index in [-0.39, 0.29) is 34.9 Å². The van der Waals surface area contributed by atoms with E-state index >= 15 is 0 Å². The van der Waals surface area contributed by atoms with Crippen LogP contribution in [0, 0.1) is 18.6 Å². The summed E-state index contributed by atoms with van der Waals surface area (Å²) in [6, 6.07) is 6.52. The molecule has 5 rings (SSSR count). The maximum Gasteiger partial charge on any atom is 0.339 e. The van der Waals surface area contributed by atoms with Crippen molar-refractivity contribution in [2.75, 3.05) is 37.5 Å². The number of carbonyl (C=O) groups is 1. The summed E-state index contributed by atoms with van der Waals surface area (Å²) in [4.78, 5) is 17.9. The molecule has 2 aromatic heterocycles. The first-order valence-corrected chi connectivity index (χ1v) is 11.0. The van der Waals surface area contributed by atoms with Crippen molar-refractivity contribution in [1.29, 1.82) is 0 Å². The minimum absolute atomic E-state index is 0.0539. The van der Waals surface area contributed by atoms with Gasteiger partial charge in [-0.3, -0.25) is 0 Å². The van der Waals surface area contributed by atoms with Gasteiger partial charge in [-0.05, 0) is 25.1 Å². The quantitative estimate of drug-likeness (QED) is 0.548. The van der Waals surface area contributed by atoms with E-state index in [0.29, 0.717) is 36.6 Å². The highest BCUT2D eigenvalue weighted by molar-refractivity contribution is 5.90. The summed E-state index contributed by atoms with van der Waals surface area (Å²) in [5.74, 6) is -1.30. The van der Waals surface area contributed by atoms with Crippen LogP contribution in [0.1, 0.15) is 22.3 Å². The number of methoxy groups -OCH3 is 2. The van der Waals surface area contributed by atoms with Gasteiger partial charge in [0.05, 0.1) is 43.8 Å². The molecule has 0 saturated carbocycles. The van der Waals surface area contributed by atoms with Gasteiger partial charge in [-0.15, -0.1) is 10.2 Å². The Balaban J connectivity index is 1.40. The van der Waals surface area contributed by atoms with Gasteiger partial charge in [-0.1, -0.05) is 6.07 Å². The average molecular weight is 483 g/mol. The lowest BCUT2D eigenvalue weighted by molar-refractivity contribution is 0.0598. The van der Waals surface area contributed by atoms with Crippen LogP contribution in [0.2, 0.25) is 0 Å². The van der Waals surface area contributed by atoms with E-state index < -0.39 is 17.6 Å². The number of pyridine rings is 1. The van der Waals surface area contributed by atoms with Gasteiger partial charge in [0.25, 0.3) is 5.88 Å². The van der Waals surface area contributed by atoms with Gasteiger partial charge in [0.2, 0.25) is 0 Å². The van der Waals surface area contributed by atoms with E-state index in [9.17, 15) is 13.6 Å². The van der Waals surface area contributed by atoms with Crippen molar-refractivity contribution < 1.29 is 27.8 Å². The van der Waals surface area contributed by atoms with E-state index in [1.807, 2.05) is 6.07 Å². The highest BCUT2D eigenvalue weighted by atomic mass is 19.1. The van der Waals surface area contributed by atoms with Crippen LogP contribution in [0.3, 0.4) is 0 Å². The first-order chi connectivity index (χ1) is 16.9. The highest BCUT2D eigenvalue weighted by Crippen LogP contribution is 2.39. The fourth-order valence-electron chi connectivity index (χ4n) is 4.55. The van der Waals surface area contributed by atoms with Crippen molar-refractivity contribution in [3.63, 3.8) is 0 Å². The molecule has 0 radical (unpaired) electrons. The lowest BCUT2D eigenvalue weighted by atomic mass is 10.1. The highest BCUT2D eigenvalue weighted by Gasteiger charge is 2.39. The minimum atomic E-state index is -0.692. The number of esters is 1. The van der Waals surface area contributed by atoms with Crippen LogP contribution in [-0.4, -0.2) is 60.6 Å². The Morgan fingerprint density at radius 2 is 2.06 bits per heavy atom. The number of hydrogen-bond acceptors (Lipinski definition) is 9. The van der Waals surface area contributed by atoms with Crippen molar-refractivity contribution in [2.24, 2.45) is 0 Å². The second kappa shape index (κ2) is 8.97. The van der Waals surface area contributed by atoms with Crippen LogP contribution < -0.4 is 19.7 Å². The summed E-state index contributed by atoms with van der Waals surface area (Å²) in [5, 5.41) is 11.8. The Labute approximate surface area is 200 Å². The number of halogens is 2. The molecule has 3 aromatic rings. The third-order valence-corrected chi connectivity index (χ3v) is 6.33. The molecule has 1 aromatic carbocycles. The number of aromatic nitrogens is 3. The van der Waals surface area contributed by atoms with Crippen molar-refractivity contribution >= 4 is 17.5 Å². The molecule has 0 bridgehead atoms. The van der Waals surface area contributed by atoms with Crippen molar-refractivity contribution in [1.82, 2.24) is 15.2 Å². The van der Waals surface area contributed by atoms with Crippen LogP contribution in [0.5, 0.6) is 11.6 Å². The number of hydrogen-bond donors (Lipinski definition) is 1. The van der Waals surface area contributed by atoms with Crippen LogP contribution in [-0.2, 0) is 4.74 Å². The summed E-state index contributed by atoms with van der Waals surface area (Å²) < 4.78 is 44.9. The van der Waals surface area contributed by atoms with E-state index in [2.05, 4.69) is 30.1 Å². The SMILES string of the molecule is COC(=O)c1cnc(O[C@@H]2CC3CNc4nnc(-c5cccc(F)c5OC)cc4N3C2)c(F)c1C. The number of ether oxygens (including phenoxy) is 3. The fourth-order valence-corrected chi connectivity index (χ4v) is 4.55. The van der Waals surface area contributed by atoms with E-state index in [4.69, 9.17) is 9.47 Å². The lowest BCUT2D eigenvalue weighted by Gasteiger charge is -2.33. The molecule has 1 unspecified atom stereocenters. The molecule has 1 N–H and O–H groups in total. The Bertz CT molecular complexity index is 1310. The summed E-state index contributed by atoms with van der Waals surface area (Å²) in [7, 11) is 2.63. The molecule has 35 heavy (non-hydrogen) atoms. The number of para-hydroxylation sites is 1. The smallest absolute Gasteiger partial charge is 0.339 e. The standard InChI is InChI=1S/C24H23F2N5O4/c1-12-16(24(32)34-3)10-28-23(20(12)26)35-14-7-13-9-27-22-19(31(13)11-14)8-18(29-30-22)15-5-4-6-17(25)21(15)33-2/h4-6,8,10,13-14H,7,9,11H2,1-3H3,(H,27,30)/t13?,14-/m1/s1. The number of anilines is 2. The molecular weight excluding hydrogens is 460 g/mol. The van der Waals surface area contributed by atoms with Crippen LogP contribution in [0.4, 0.5) is 20.3 Å². The van der Waals surface area contributed by atoms with Crippen LogP contribution >= 0.6 is 0 Å².